The molecule has 1 aromatic carbocycles. The van der Waals surface area contributed by atoms with E-state index in [1.807, 2.05) is 0 Å². The van der Waals surface area contributed by atoms with Crippen molar-refractivity contribution in [2.24, 2.45) is 0 Å². The van der Waals surface area contributed by atoms with E-state index in [4.69, 9.17) is 9.47 Å². The molecule has 0 spiro atoms. The van der Waals surface area contributed by atoms with Gasteiger partial charge in [0.1, 0.15) is 0 Å². The van der Waals surface area contributed by atoms with Crippen molar-refractivity contribution in [2.75, 3.05) is 27.8 Å². The van der Waals surface area contributed by atoms with Gasteiger partial charge >= 0.3 is 0 Å². The molecule has 0 heterocycles. The molecule has 0 bridgehead atoms. The highest BCUT2D eigenvalue weighted by molar-refractivity contribution is 6.00. The normalized spacial score (nSPS) is 10.0. The van der Waals surface area contributed by atoms with Gasteiger partial charge in [0.25, 0.3) is 0 Å². The molecule has 1 aromatic rings. The van der Waals surface area contributed by atoms with Gasteiger partial charge in [-0.2, -0.15) is 0 Å². The molecule has 16 heavy (non-hydrogen) atoms. The zero-order valence-electron chi connectivity index (χ0n) is 9.46. The van der Waals surface area contributed by atoms with E-state index in [1.54, 1.807) is 7.05 Å². The molecule has 5 heteroatoms. The highest BCUT2D eigenvalue weighted by atomic mass is 19.1. The number of benzene rings is 1. The minimum absolute atomic E-state index is 0.0514. The van der Waals surface area contributed by atoms with Crippen LogP contribution in [0.1, 0.15) is 10.4 Å². The standard InChI is InChI=1S/C11H14FNO3/c1-13-6-9(14)7-4-5-8(12)11(16-3)10(7)15-2/h4-5,13H,6H2,1-3H3. The number of carbonyl (C=O) groups is 1. The smallest absolute Gasteiger partial charge is 0.197 e. The van der Waals surface area contributed by atoms with Crippen molar-refractivity contribution in [1.82, 2.24) is 5.32 Å². The lowest BCUT2D eigenvalue weighted by Crippen LogP contribution is -2.19. The second-order valence-electron chi connectivity index (χ2n) is 3.11. The van der Waals surface area contributed by atoms with Crippen molar-refractivity contribution in [3.8, 4) is 11.5 Å². The van der Waals surface area contributed by atoms with Gasteiger partial charge in [-0.25, -0.2) is 4.39 Å². The molecule has 0 aliphatic heterocycles. The fourth-order valence-corrected chi connectivity index (χ4v) is 1.41. The van der Waals surface area contributed by atoms with E-state index < -0.39 is 5.82 Å². The maximum absolute atomic E-state index is 13.3. The average molecular weight is 227 g/mol. The van der Waals surface area contributed by atoms with Gasteiger partial charge in [-0.15, -0.1) is 0 Å². The Hall–Kier alpha value is -1.62. The zero-order chi connectivity index (χ0) is 12.1. The summed E-state index contributed by atoms with van der Waals surface area (Å²) in [4.78, 5) is 11.7. The molecular weight excluding hydrogens is 213 g/mol. The molecule has 0 fully saturated rings. The summed E-state index contributed by atoms with van der Waals surface area (Å²) < 4.78 is 23.2. The summed E-state index contributed by atoms with van der Waals surface area (Å²) in [7, 11) is 4.35. The lowest BCUT2D eigenvalue weighted by Gasteiger charge is -2.12. The van der Waals surface area contributed by atoms with Crippen molar-refractivity contribution >= 4 is 5.78 Å². The Morgan fingerprint density at radius 2 is 1.94 bits per heavy atom. The van der Waals surface area contributed by atoms with E-state index in [9.17, 15) is 9.18 Å². The van der Waals surface area contributed by atoms with Gasteiger partial charge in [0.2, 0.25) is 0 Å². The van der Waals surface area contributed by atoms with Crippen molar-refractivity contribution < 1.29 is 18.7 Å². The molecule has 0 atom stereocenters. The van der Waals surface area contributed by atoms with E-state index in [-0.39, 0.29) is 23.8 Å². The van der Waals surface area contributed by atoms with Crippen LogP contribution in [-0.2, 0) is 0 Å². The monoisotopic (exact) mass is 227 g/mol. The molecule has 0 aromatic heterocycles. The Morgan fingerprint density at radius 3 is 2.44 bits per heavy atom. The average Bonchev–Trinajstić information content (AvgIpc) is 2.28. The Balaban J connectivity index is 3.24. The number of methoxy groups -OCH3 is 2. The first kappa shape index (κ1) is 12.4. The van der Waals surface area contributed by atoms with Gasteiger partial charge in [0.15, 0.2) is 23.1 Å². The summed E-state index contributed by atoms with van der Waals surface area (Å²) in [5.74, 6) is -0.662. The number of Topliss-reactive ketones (excluding diaryl/α,β-unsaturated/α-hetero) is 1. The second-order valence-corrected chi connectivity index (χ2v) is 3.11. The van der Waals surface area contributed by atoms with Gasteiger partial charge in [-0.1, -0.05) is 0 Å². The van der Waals surface area contributed by atoms with Gasteiger partial charge < -0.3 is 14.8 Å². The van der Waals surface area contributed by atoms with Crippen molar-refractivity contribution in [1.29, 1.82) is 0 Å². The number of hydrogen-bond acceptors (Lipinski definition) is 4. The number of rotatable bonds is 5. The van der Waals surface area contributed by atoms with E-state index in [0.29, 0.717) is 5.56 Å². The van der Waals surface area contributed by atoms with Crippen LogP contribution in [-0.4, -0.2) is 33.6 Å². The Morgan fingerprint density at radius 1 is 1.31 bits per heavy atom. The van der Waals surface area contributed by atoms with Gasteiger partial charge in [-0.05, 0) is 19.2 Å². The fraction of sp³-hybridized carbons (Fsp3) is 0.364. The minimum atomic E-state index is -0.555. The SMILES string of the molecule is CNCC(=O)c1ccc(F)c(OC)c1OC. The highest BCUT2D eigenvalue weighted by Crippen LogP contribution is 2.33. The predicted molar refractivity (Wildman–Crippen MR) is 57.8 cm³/mol. The summed E-state index contributed by atoms with van der Waals surface area (Å²) in [6.07, 6.45) is 0. The summed E-state index contributed by atoms with van der Waals surface area (Å²) in [6.45, 7) is 0.158. The van der Waals surface area contributed by atoms with Gasteiger partial charge in [0, 0.05) is 0 Å². The van der Waals surface area contributed by atoms with Crippen LogP contribution in [0.5, 0.6) is 11.5 Å². The third kappa shape index (κ3) is 2.30. The summed E-state index contributed by atoms with van der Waals surface area (Å²) in [6, 6.07) is 2.57. The number of carbonyl (C=O) groups excluding carboxylic acids is 1. The fourth-order valence-electron chi connectivity index (χ4n) is 1.41. The molecule has 0 unspecified atom stereocenters. The zero-order valence-corrected chi connectivity index (χ0v) is 9.46. The van der Waals surface area contributed by atoms with Crippen LogP contribution in [0.15, 0.2) is 12.1 Å². The number of hydrogen-bond donors (Lipinski definition) is 1. The third-order valence-electron chi connectivity index (χ3n) is 2.11. The molecule has 1 N–H and O–H groups in total. The molecular formula is C11H14FNO3. The first-order valence-electron chi connectivity index (χ1n) is 4.74. The van der Waals surface area contributed by atoms with Crippen LogP contribution in [0.4, 0.5) is 4.39 Å². The molecule has 1 rings (SSSR count). The van der Waals surface area contributed by atoms with E-state index >= 15 is 0 Å². The Bertz CT molecular complexity index is 393. The number of ketones is 1. The second kappa shape index (κ2) is 5.46. The molecule has 0 aliphatic rings. The summed E-state index contributed by atoms with van der Waals surface area (Å²) in [5.41, 5.74) is 0.301. The minimum Gasteiger partial charge on any atom is -0.492 e. The van der Waals surface area contributed by atoms with Crippen LogP contribution in [0, 0.1) is 5.82 Å². The number of halogens is 1. The number of ether oxygens (including phenoxy) is 2. The first-order valence-corrected chi connectivity index (χ1v) is 4.74. The largest absolute Gasteiger partial charge is 0.492 e. The van der Waals surface area contributed by atoms with Crippen molar-refractivity contribution in [3.63, 3.8) is 0 Å². The van der Waals surface area contributed by atoms with E-state index in [0.717, 1.165) is 0 Å². The summed E-state index contributed by atoms with van der Waals surface area (Å²) in [5, 5.41) is 2.73. The lowest BCUT2D eigenvalue weighted by molar-refractivity contribution is 0.0990. The molecule has 0 saturated carbocycles. The maximum atomic E-state index is 13.3. The van der Waals surface area contributed by atoms with Crippen LogP contribution in [0.25, 0.3) is 0 Å². The molecule has 4 nitrogen and oxygen atoms in total. The van der Waals surface area contributed by atoms with Gasteiger partial charge in [0.05, 0.1) is 26.3 Å². The Labute approximate surface area is 93.4 Å². The lowest BCUT2D eigenvalue weighted by atomic mass is 10.1. The van der Waals surface area contributed by atoms with Crippen LogP contribution in [0.2, 0.25) is 0 Å². The molecule has 0 saturated heterocycles. The number of likely N-dealkylation sites (N-methyl/N-ethyl adjacent to an activating group) is 1. The van der Waals surface area contributed by atoms with Gasteiger partial charge in [-0.3, -0.25) is 4.79 Å². The quantitative estimate of drug-likeness (QED) is 0.769. The topological polar surface area (TPSA) is 47.6 Å². The third-order valence-corrected chi connectivity index (χ3v) is 2.11. The highest BCUT2D eigenvalue weighted by Gasteiger charge is 2.19. The van der Waals surface area contributed by atoms with Crippen LogP contribution >= 0.6 is 0 Å². The Kier molecular flexibility index (Phi) is 4.25. The van der Waals surface area contributed by atoms with Crippen LogP contribution in [0.3, 0.4) is 0 Å². The summed E-state index contributed by atoms with van der Waals surface area (Å²) >= 11 is 0. The molecule has 0 aliphatic carbocycles. The maximum Gasteiger partial charge on any atom is 0.197 e. The van der Waals surface area contributed by atoms with Crippen molar-refractivity contribution in [3.05, 3.63) is 23.5 Å². The number of nitrogens with one attached hydrogen (secondary N) is 1. The first-order chi connectivity index (χ1) is 7.65. The van der Waals surface area contributed by atoms with Crippen LogP contribution < -0.4 is 14.8 Å². The van der Waals surface area contributed by atoms with Crippen molar-refractivity contribution in [2.45, 2.75) is 0 Å². The van der Waals surface area contributed by atoms with E-state index in [2.05, 4.69) is 5.32 Å². The molecule has 0 radical (unpaired) electrons. The molecule has 0 amide bonds. The molecule has 88 valence electrons. The predicted octanol–water partition coefficient (Wildman–Crippen LogP) is 1.25. The van der Waals surface area contributed by atoms with E-state index in [1.165, 1.54) is 26.4 Å².